The zero-order valence-electron chi connectivity index (χ0n) is 17.1. The largest absolute Gasteiger partial charge is 0.320 e. The summed E-state index contributed by atoms with van der Waals surface area (Å²) in [4.78, 5) is 32.8. The number of nitrogens with zero attached hydrogens (tertiary/aromatic N) is 3. The van der Waals surface area contributed by atoms with Gasteiger partial charge in [-0.3, -0.25) is 14.6 Å². The predicted molar refractivity (Wildman–Crippen MR) is 114 cm³/mol. The fourth-order valence-corrected chi connectivity index (χ4v) is 3.97. The maximum absolute atomic E-state index is 13.0. The molecule has 0 spiro atoms. The molecular weight excluding hydrogens is 364 g/mol. The van der Waals surface area contributed by atoms with Gasteiger partial charge < -0.3 is 4.98 Å². The van der Waals surface area contributed by atoms with Gasteiger partial charge in [0.25, 0.3) is 5.56 Å². The number of pyridine rings is 2. The van der Waals surface area contributed by atoms with E-state index in [-0.39, 0.29) is 17.5 Å². The average Bonchev–Trinajstić information content (AvgIpc) is 3.14. The van der Waals surface area contributed by atoms with E-state index in [0.29, 0.717) is 24.1 Å². The number of nitrogens with one attached hydrogen (secondary N) is 1. The molecule has 0 radical (unpaired) electrons. The lowest BCUT2D eigenvalue weighted by molar-refractivity contribution is -0.132. The Balaban J connectivity index is 1.84. The van der Waals surface area contributed by atoms with Crippen LogP contribution in [0.25, 0.3) is 10.9 Å². The Morgan fingerprint density at radius 2 is 1.90 bits per heavy atom. The molecular formula is C23H24N4O2. The van der Waals surface area contributed by atoms with E-state index >= 15 is 0 Å². The van der Waals surface area contributed by atoms with Crippen LogP contribution in [0, 0.1) is 20.8 Å². The first-order valence-electron chi connectivity index (χ1n) is 9.85. The van der Waals surface area contributed by atoms with Crippen LogP contribution in [-0.4, -0.2) is 26.6 Å². The number of carbonyl (C=O) groups is 1. The van der Waals surface area contributed by atoms with E-state index in [1.165, 1.54) is 0 Å². The molecule has 0 saturated heterocycles. The summed E-state index contributed by atoms with van der Waals surface area (Å²) in [6, 6.07) is 9.82. The molecule has 0 unspecified atom stereocenters. The summed E-state index contributed by atoms with van der Waals surface area (Å²) < 4.78 is 0. The summed E-state index contributed by atoms with van der Waals surface area (Å²) in [5.41, 5.74) is 5.56. The highest BCUT2D eigenvalue weighted by molar-refractivity contribution is 6.06. The minimum Gasteiger partial charge on any atom is -0.320 e. The molecule has 1 amide bonds. The third-order valence-electron chi connectivity index (χ3n) is 5.60. The van der Waals surface area contributed by atoms with Crippen molar-refractivity contribution >= 4 is 22.5 Å². The van der Waals surface area contributed by atoms with E-state index in [0.717, 1.165) is 33.3 Å². The summed E-state index contributed by atoms with van der Waals surface area (Å²) in [5, 5.41) is 7.11. The normalized spacial score (nSPS) is 16.3. The van der Waals surface area contributed by atoms with Crippen molar-refractivity contribution in [1.29, 1.82) is 0 Å². The van der Waals surface area contributed by atoms with E-state index in [2.05, 4.69) is 15.1 Å². The van der Waals surface area contributed by atoms with Crippen LogP contribution >= 0.6 is 0 Å². The van der Waals surface area contributed by atoms with E-state index < -0.39 is 0 Å². The van der Waals surface area contributed by atoms with Crippen LogP contribution in [0.4, 0.5) is 0 Å². The second kappa shape index (κ2) is 7.28. The van der Waals surface area contributed by atoms with Crippen LogP contribution in [0.1, 0.15) is 53.8 Å². The summed E-state index contributed by atoms with van der Waals surface area (Å²) in [6.45, 7) is 7.66. The zero-order valence-corrected chi connectivity index (χ0v) is 17.1. The molecule has 1 aliphatic rings. The van der Waals surface area contributed by atoms with Gasteiger partial charge >= 0.3 is 0 Å². The topological polar surface area (TPSA) is 78.4 Å². The molecule has 1 atom stereocenters. The fourth-order valence-electron chi connectivity index (χ4n) is 3.97. The van der Waals surface area contributed by atoms with E-state index in [9.17, 15) is 9.59 Å². The van der Waals surface area contributed by atoms with Crippen molar-refractivity contribution in [3.8, 4) is 0 Å². The molecule has 4 rings (SSSR count). The third-order valence-corrected chi connectivity index (χ3v) is 5.60. The number of aryl methyl sites for hydroxylation is 3. The van der Waals surface area contributed by atoms with E-state index in [1.807, 2.05) is 58.0 Å². The lowest BCUT2D eigenvalue weighted by Crippen LogP contribution is -2.26. The molecule has 2 aromatic heterocycles. The van der Waals surface area contributed by atoms with Crippen LogP contribution in [0.2, 0.25) is 0 Å². The van der Waals surface area contributed by atoms with Crippen molar-refractivity contribution in [2.24, 2.45) is 5.10 Å². The van der Waals surface area contributed by atoms with E-state index in [4.69, 9.17) is 0 Å². The van der Waals surface area contributed by atoms with Crippen molar-refractivity contribution in [2.75, 3.05) is 0 Å². The Kier molecular flexibility index (Phi) is 4.78. The third kappa shape index (κ3) is 3.24. The highest BCUT2D eigenvalue weighted by Gasteiger charge is 2.34. The van der Waals surface area contributed by atoms with Crippen LogP contribution in [0.5, 0.6) is 0 Å². The maximum atomic E-state index is 13.0. The van der Waals surface area contributed by atoms with Crippen molar-refractivity contribution in [2.45, 2.75) is 46.6 Å². The quantitative estimate of drug-likeness (QED) is 0.738. The minimum absolute atomic E-state index is 0.0551. The number of rotatable bonds is 3. The number of hydrazone groups is 1. The van der Waals surface area contributed by atoms with E-state index in [1.54, 1.807) is 11.2 Å². The first-order chi connectivity index (χ1) is 13.9. The summed E-state index contributed by atoms with van der Waals surface area (Å²) in [7, 11) is 0. The van der Waals surface area contributed by atoms with Gasteiger partial charge in [-0.15, -0.1) is 0 Å². The van der Waals surface area contributed by atoms with Gasteiger partial charge in [-0.2, -0.15) is 5.10 Å². The number of hydrogen-bond donors (Lipinski definition) is 1. The summed E-state index contributed by atoms with van der Waals surface area (Å²) >= 11 is 0. The van der Waals surface area contributed by atoms with Crippen LogP contribution in [-0.2, 0) is 4.79 Å². The molecule has 1 aliphatic heterocycles. The standard InChI is InChI=1S/C23H24N4O2/c1-5-20(28)27-19(16-8-6-13(2)7-9-16)12-18(26-27)21-14(3)17-10-11-24-15(4)22(17)25-23(21)29/h6-11,19H,5,12H2,1-4H3,(H,25,29)/t19-/m0/s1. The van der Waals surface area contributed by atoms with Gasteiger partial charge in [0.1, 0.15) is 0 Å². The predicted octanol–water partition coefficient (Wildman–Crippen LogP) is 3.94. The zero-order chi connectivity index (χ0) is 20.7. The van der Waals surface area contributed by atoms with Gasteiger partial charge in [-0.05, 0) is 38.0 Å². The van der Waals surface area contributed by atoms with Gasteiger partial charge in [0.05, 0.1) is 28.5 Å². The highest BCUT2D eigenvalue weighted by atomic mass is 16.2. The van der Waals surface area contributed by atoms with Crippen molar-refractivity contribution in [1.82, 2.24) is 15.0 Å². The number of fused-ring (bicyclic) bond motifs is 1. The summed E-state index contributed by atoms with van der Waals surface area (Å²) in [6.07, 6.45) is 2.61. The summed E-state index contributed by atoms with van der Waals surface area (Å²) in [5.74, 6) is -0.0551. The van der Waals surface area contributed by atoms with Gasteiger partial charge in [-0.1, -0.05) is 36.8 Å². The van der Waals surface area contributed by atoms with Gasteiger partial charge in [0.15, 0.2) is 0 Å². The first kappa shape index (κ1) is 19.1. The van der Waals surface area contributed by atoms with Crippen LogP contribution in [0.15, 0.2) is 46.4 Å². The lowest BCUT2D eigenvalue weighted by Gasteiger charge is -2.21. The first-order valence-corrected chi connectivity index (χ1v) is 9.85. The number of carbonyl (C=O) groups excluding carboxylic acids is 1. The average molecular weight is 388 g/mol. The molecule has 1 N–H and O–H groups in total. The number of H-pyrrole nitrogens is 1. The number of hydrogen-bond acceptors (Lipinski definition) is 4. The Morgan fingerprint density at radius 3 is 2.59 bits per heavy atom. The molecule has 6 nitrogen and oxygen atoms in total. The minimum atomic E-state index is -0.202. The Morgan fingerprint density at radius 1 is 1.17 bits per heavy atom. The molecule has 3 heterocycles. The van der Waals surface area contributed by atoms with Crippen molar-refractivity contribution < 1.29 is 4.79 Å². The van der Waals surface area contributed by atoms with Gasteiger partial charge in [0.2, 0.25) is 5.91 Å². The fraction of sp³-hybridized carbons (Fsp3) is 0.304. The number of amides is 1. The van der Waals surface area contributed by atoms with Crippen molar-refractivity contribution in [3.05, 3.63) is 74.8 Å². The Hall–Kier alpha value is -3.28. The molecule has 0 saturated carbocycles. The molecule has 3 aromatic rings. The SMILES string of the molecule is CCC(=O)N1N=C(c2c(C)c3ccnc(C)c3[nH]c2=O)C[C@H]1c1ccc(C)cc1. The second-order valence-electron chi connectivity index (χ2n) is 7.54. The Bertz CT molecular complexity index is 1190. The van der Waals surface area contributed by atoms with Crippen LogP contribution in [0.3, 0.4) is 0 Å². The molecule has 29 heavy (non-hydrogen) atoms. The Labute approximate surface area is 169 Å². The highest BCUT2D eigenvalue weighted by Crippen LogP contribution is 2.34. The molecule has 1 aromatic carbocycles. The molecule has 0 aliphatic carbocycles. The number of aromatic nitrogens is 2. The maximum Gasteiger partial charge on any atom is 0.257 e. The van der Waals surface area contributed by atoms with Gasteiger partial charge in [-0.25, -0.2) is 5.01 Å². The van der Waals surface area contributed by atoms with Crippen LogP contribution < -0.4 is 5.56 Å². The number of benzene rings is 1. The second-order valence-corrected chi connectivity index (χ2v) is 7.54. The molecule has 6 heteroatoms. The van der Waals surface area contributed by atoms with Gasteiger partial charge in [0, 0.05) is 24.4 Å². The smallest absolute Gasteiger partial charge is 0.257 e. The molecule has 0 bridgehead atoms. The molecule has 148 valence electrons. The van der Waals surface area contributed by atoms with Crippen molar-refractivity contribution in [3.63, 3.8) is 0 Å². The molecule has 0 fully saturated rings. The monoisotopic (exact) mass is 388 g/mol. The number of aromatic amines is 1. The lowest BCUT2D eigenvalue weighted by atomic mass is 9.95.